The van der Waals surface area contributed by atoms with E-state index in [-0.39, 0.29) is 0 Å². The number of hydrogen-bond donors (Lipinski definition) is 1. The first kappa shape index (κ1) is 13.9. The Morgan fingerprint density at radius 1 is 1.25 bits per heavy atom. The highest BCUT2D eigenvalue weighted by Crippen LogP contribution is 2.13. The van der Waals surface area contributed by atoms with Crippen molar-refractivity contribution in [3.8, 4) is 0 Å². The molecule has 1 rings (SSSR count). The topological polar surface area (TPSA) is 47.7 Å². The summed E-state index contributed by atoms with van der Waals surface area (Å²) in [7, 11) is 0. The highest BCUT2D eigenvalue weighted by molar-refractivity contribution is 4.72. The third kappa shape index (κ3) is 5.80. The number of nitrogens with zero attached hydrogens (tertiary/aromatic N) is 1. The standard InChI is InChI=1S/C12H26N2O2/c1-2-15-11-9-14-7-4-12(5-8-14)16-10-3-6-13/h12H,2-11,13H2,1H3. The van der Waals surface area contributed by atoms with Gasteiger partial charge in [-0.1, -0.05) is 0 Å². The molecular formula is C12H26N2O2. The zero-order valence-corrected chi connectivity index (χ0v) is 10.5. The zero-order chi connectivity index (χ0) is 11.6. The predicted molar refractivity (Wildman–Crippen MR) is 65.6 cm³/mol. The summed E-state index contributed by atoms with van der Waals surface area (Å²) in [5.74, 6) is 0. The van der Waals surface area contributed by atoms with Gasteiger partial charge in [0.05, 0.1) is 12.7 Å². The number of nitrogens with two attached hydrogens (primary N) is 1. The Morgan fingerprint density at radius 3 is 2.62 bits per heavy atom. The Hall–Kier alpha value is -0.160. The first-order valence-corrected chi connectivity index (χ1v) is 6.48. The summed E-state index contributed by atoms with van der Waals surface area (Å²) in [5.41, 5.74) is 5.43. The minimum atomic E-state index is 0.454. The molecule has 0 aromatic rings. The summed E-state index contributed by atoms with van der Waals surface area (Å²) in [6.45, 7) is 8.60. The van der Waals surface area contributed by atoms with Gasteiger partial charge in [0.2, 0.25) is 0 Å². The molecule has 0 radical (unpaired) electrons. The fourth-order valence-corrected chi connectivity index (χ4v) is 1.97. The molecule has 0 amide bonds. The second-order valence-electron chi connectivity index (χ2n) is 4.25. The van der Waals surface area contributed by atoms with Crippen LogP contribution in [-0.2, 0) is 9.47 Å². The first-order valence-electron chi connectivity index (χ1n) is 6.48. The van der Waals surface area contributed by atoms with Crippen LogP contribution < -0.4 is 5.73 Å². The molecule has 4 nitrogen and oxygen atoms in total. The summed E-state index contributed by atoms with van der Waals surface area (Å²) >= 11 is 0. The van der Waals surface area contributed by atoms with Crippen LogP contribution in [0.4, 0.5) is 0 Å². The monoisotopic (exact) mass is 230 g/mol. The zero-order valence-electron chi connectivity index (χ0n) is 10.5. The van der Waals surface area contributed by atoms with Gasteiger partial charge >= 0.3 is 0 Å². The summed E-state index contributed by atoms with van der Waals surface area (Å²) < 4.78 is 11.1. The Kier molecular flexibility index (Phi) is 7.76. The van der Waals surface area contributed by atoms with E-state index in [1.165, 1.54) is 0 Å². The van der Waals surface area contributed by atoms with Gasteiger partial charge in [-0.2, -0.15) is 0 Å². The summed E-state index contributed by atoms with van der Waals surface area (Å²) in [6.07, 6.45) is 3.73. The van der Waals surface area contributed by atoms with Crippen molar-refractivity contribution < 1.29 is 9.47 Å². The summed E-state index contributed by atoms with van der Waals surface area (Å²) in [5, 5.41) is 0. The lowest BCUT2D eigenvalue weighted by atomic mass is 10.1. The second-order valence-corrected chi connectivity index (χ2v) is 4.25. The number of rotatable bonds is 8. The van der Waals surface area contributed by atoms with Crippen molar-refractivity contribution in [2.24, 2.45) is 5.73 Å². The van der Waals surface area contributed by atoms with Crippen LogP contribution in [0.15, 0.2) is 0 Å². The maximum atomic E-state index is 5.76. The molecular weight excluding hydrogens is 204 g/mol. The lowest BCUT2D eigenvalue weighted by molar-refractivity contribution is 0.00133. The van der Waals surface area contributed by atoms with Crippen LogP contribution in [0, 0.1) is 0 Å². The fourth-order valence-electron chi connectivity index (χ4n) is 1.97. The maximum Gasteiger partial charge on any atom is 0.0599 e. The van der Waals surface area contributed by atoms with Crippen LogP contribution >= 0.6 is 0 Å². The average Bonchev–Trinajstić information content (AvgIpc) is 2.32. The van der Waals surface area contributed by atoms with Crippen LogP contribution in [-0.4, -0.2) is 57.0 Å². The van der Waals surface area contributed by atoms with Crippen molar-refractivity contribution in [3.05, 3.63) is 0 Å². The summed E-state index contributed by atoms with van der Waals surface area (Å²) in [6, 6.07) is 0. The Labute approximate surface area is 99.1 Å². The van der Waals surface area contributed by atoms with Crippen LogP contribution in [0.1, 0.15) is 26.2 Å². The molecule has 0 spiro atoms. The molecule has 1 heterocycles. The minimum Gasteiger partial charge on any atom is -0.380 e. The van der Waals surface area contributed by atoms with E-state index in [1.54, 1.807) is 0 Å². The fraction of sp³-hybridized carbons (Fsp3) is 1.00. The van der Waals surface area contributed by atoms with Crippen LogP contribution in [0.2, 0.25) is 0 Å². The van der Waals surface area contributed by atoms with Gasteiger partial charge in [0.1, 0.15) is 0 Å². The van der Waals surface area contributed by atoms with E-state index in [4.69, 9.17) is 15.2 Å². The van der Waals surface area contributed by atoms with E-state index >= 15 is 0 Å². The molecule has 2 N–H and O–H groups in total. The Morgan fingerprint density at radius 2 is 2.00 bits per heavy atom. The first-order chi connectivity index (χ1) is 7.86. The molecule has 0 saturated carbocycles. The van der Waals surface area contributed by atoms with Gasteiger partial charge in [-0.25, -0.2) is 0 Å². The smallest absolute Gasteiger partial charge is 0.0599 e. The molecule has 1 saturated heterocycles. The van der Waals surface area contributed by atoms with Gasteiger partial charge in [-0.05, 0) is 32.7 Å². The van der Waals surface area contributed by atoms with Gasteiger partial charge < -0.3 is 20.1 Å². The van der Waals surface area contributed by atoms with Crippen molar-refractivity contribution in [3.63, 3.8) is 0 Å². The molecule has 0 bridgehead atoms. The van der Waals surface area contributed by atoms with Crippen LogP contribution in [0.3, 0.4) is 0 Å². The average molecular weight is 230 g/mol. The Balaban J connectivity index is 2.00. The molecule has 0 aliphatic carbocycles. The van der Waals surface area contributed by atoms with Crippen molar-refractivity contribution in [2.45, 2.75) is 32.3 Å². The van der Waals surface area contributed by atoms with Crippen molar-refractivity contribution in [1.29, 1.82) is 0 Å². The minimum absolute atomic E-state index is 0.454. The van der Waals surface area contributed by atoms with Gasteiger partial charge in [0.25, 0.3) is 0 Å². The molecule has 0 aromatic carbocycles. The van der Waals surface area contributed by atoms with Crippen LogP contribution in [0.25, 0.3) is 0 Å². The molecule has 1 aliphatic rings. The molecule has 0 atom stereocenters. The molecule has 96 valence electrons. The van der Waals surface area contributed by atoms with Gasteiger partial charge in [-0.3, -0.25) is 0 Å². The van der Waals surface area contributed by atoms with E-state index in [2.05, 4.69) is 4.90 Å². The van der Waals surface area contributed by atoms with E-state index in [9.17, 15) is 0 Å². The highest BCUT2D eigenvalue weighted by atomic mass is 16.5. The van der Waals surface area contributed by atoms with Crippen molar-refractivity contribution >= 4 is 0 Å². The van der Waals surface area contributed by atoms with Crippen LogP contribution in [0.5, 0.6) is 0 Å². The second kappa shape index (κ2) is 8.93. The van der Waals surface area contributed by atoms with E-state index < -0.39 is 0 Å². The SMILES string of the molecule is CCOCCN1CCC(OCCCN)CC1. The number of hydrogen-bond acceptors (Lipinski definition) is 4. The molecule has 4 heteroatoms. The predicted octanol–water partition coefficient (Wildman–Crippen LogP) is 0.853. The lowest BCUT2D eigenvalue weighted by Gasteiger charge is -2.31. The van der Waals surface area contributed by atoms with Crippen molar-refractivity contribution in [2.75, 3.05) is 46.0 Å². The number of ether oxygens (including phenoxy) is 2. The van der Waals surface area contributed by atoms with Crippen molar-refractivity contribution in [1.82, 2.24) is 4.90 Å². The molecule has 0 aromatic heterocycles. The normalized spacial score (nSPS) is 19.1. The van der Waals surface area contributed by atoms with Gasteiger partial charge in [0.15, 0.2) is 0 Å². The van der Waals surface area contributed by atoms with Gasteiger partial charge in [-0.15, -0.1) is 0 Å². The highest BCUT2D eigenvalue weighted by Gasteiger charge is 2.18. The van der Waals surface area contributed by atoms with E-state index in [0.29, 0.717) is 6.10 Å². The van der Waals surface area contributed by atoms with E-state index in [0.717, 1.165) is 65.3 Å². The maximum absolute atomic E-state index is 5.76. The third-order valence-electron chi connectivity index (χ3n) is 2.99. The third-order valence-corrected chi connectivity index (χ3v) is 2.99. The molecule has 1 aliphatic heterocycles. The Bertz CT molecular complexity index is 141. The van der Waals surface area contributed by atoms with Gasteiger partial charge in [0, 0.05) is 32.8 Å². The largest absolute Gasteiger partial charge is 0.380 e. The quantitative estimate of drug-likeness (QED) is 0.628. The summed E-state index contributed by atoms with van der Waals surface area (Å²) in [4.78, 5) is 2.46. The number of piperidine rings is 1. The molecule has 0 unspecified atom stereocenters. The molecule has 16 heavy (non-hydrogen) atoms. The lowest BCUT2D eigenvalue weighted by Crippen LogP contribution is -2.39. The molecule has 1 fully saturated rings. The van der Waals surface area contributed by atoms with E-state index in [1.807, 2.05) is 6.92 Å². The number of likely N-dealkylation sites (tertiary alicyclic amines) is 1.